The van der Waals surface area contributed by atoms with Crippen LogP contribution in [0.3, 0.4) is 0 Å². The topological polar surface area (TPSA) is 175 Å². The number of aliphatic carboxylic acids is 1. The second-order valence-corrected chi connectivity index (χ2v) is 17.4. The predicted octanol–water partition coefficient (Wildman–Crippen LogP) is 12.9. The number of carbonyl (C=O) groups is 4. The first kappa shape index (κ1) is 64.1. The third-order valence-electron chi connectivity index (χ3n) is 11.0. The lowest BCUT2D eigenvalue weighted by molar-refractivity contribution is -0.301. The average Bonchev–Trinajstić information content (AvgIpc) is 3.35. The number of allylic oxidation sites excluding steroid dienone is 19. The van der Waals surface area contributed by atoms with Crippen LogP contribution < -0.4 is 0 Å². The summed E-state index contributed by atoms with van der Waals surface area (Å²) in [5, 5.41) is 31.3. The van der Waals surface area contributed by atoms with Gasteiger partial charge in [-0.3, -0.25) is 14.4 Å². The molecule has 398 valence electrons. The molecule has 3 N–H and O–H groups in total. The molecule has 0 amide bonds. The van der Waals surface area contributed by atoms with Crippen molar-refractivity contribution in [3.63, 3.8) is 0 Å². The molecule has 1 fully saturated rings. The Morgan fingerprint density at radius 1 is 0.493 bits per heavy atom. The molecule has 0 aromatic heterocycles. The number of hydrogen-bond acceptors (Lipinski definition) is 11. The fraction of sp³-hybridized carbons (Fsp3) is 0.593. The van der Waals surface area contributed by atoms with Crippen LogP contribution in [-0.2, 0) is 42.9 Å². The number of carboxylic acids is 1. The zero-order valence-electron chi connectivity index (χ0n) is 43.4. The average molecular weight is 991 g/mol. The SMILES string of the molecule is CC/C=C\C/C=C\C/C=C\C/C=C\C/C=C\CC(=O)OC1C(OCC(COC(=O)CCCCC/C=C\C/C=C\C/C=C\CC)OC(=O)CCCCCCC/C=C\C/C=C\CCC)OC(C(=O)O)C(O)C1O. The summed E-state index contributed by atoms with van der Waals surface area (Å²) >= 11 is 0. The van der Waals surface area contributed by atoms with Gasteiger partial charge in [-0.25, -0.2) is 4.79 Å². The fourth-order valence-corrected chi connectivity index (χ4v) is 7.02. The quantitative estimate of drug-likeness (QED) is 0.0229. The van der Waals surface area contributed by atoms with Crippen LogP contribution in [0.15, 0.2) is 122 Å². The highest BCUT2D eigenvalue weighted by molar-refractivity contribution is 5.74. The molecule has 6 unspecified atom stereocenters. The van der Waals surface area contributed by atoms with E-state index in [4.69, 9.17) is 23.7 Å². The highest BCUT2D eigenvalue weighted by Crippen LogP contribution is 2.26. The van der Waals surface area contributed by atoms with Gasteiger partial charge in [0, 0.05) is 12.8 Å². The Balaban J connectivity index is 2.82. The van der Waals surface area contributed by atoms with Gasteiger partial charge in [0.2, 0.25) is 0 Å². The van der Waals surface area contributed by atoms with Crippen molar-refractivity contribution in [3.8, 4) is 0 Å². The standard InChI is InChI=1S/C59H90O12/c1-4-7-10-13-16-19-22-25-26-29-32-35-38-41-44-47-53(62)70-57-55(64)54(63)56(58(65)66)71-59(57)68-49-50(69-52(61)46-43-40-37-34-31-28-24-21-18-15-12-9-6-3)48-67-51(60)45-42-39-36-33-30-27-23-20-17-14-11-8-5-2/h7-8,10-12,15-17,19-21,24-27,30,32,35,41,44,50,54-57,59,63-64H,4-6,9,13-14,18,22-23,28-29,31,33-34,36-40,42-43,45-49H2,1-3H3,(H,65,66)/b10-7-,11-8-,15-12-,19-16-,20-17-,24-21-,26-25-,30-27-,35-32-,44-41-. The van der Waals surface area contributed by atoms with Crippen LogP contribution in [-0.4, -0.2) is 89.2 Å². The first-order valence-corrected chi connectivity index (χ1v) is 26.5. The van der Waals surface area contributed by atoms with Gasteiger partial charge >= 0.3 is 23.9 Å². The van der Waals surface area contributed by atoms with E-state index in [1.807, 2.05) is 12.2 Å². The van der Waals surface area contributed by atoms with Gasteiger partial charge in [-0.15, -0.1) is 0 Å². The van der Waals surface area contributed by atoms with Crippen LogP contribution in [0.2, 0.25) is 0 Å². The molecule has 12 nitrogen and oxygen atoms in total. The zero-order valence-corrected chi connectivity index (χ0v) is 43.4. The predicted molar refractivity (Wildman–Crippen MR) is 284 cm³/mol. The molecule has 1 rings (SSSR count). The van der Waals surface area contributed by atoms with E-state index in [0.29, 0.717) is 19.3 Å². The smallest absolute Gasteiger partial charge is 0.335 e. The Morgan fingerprint density at radius 3 is 1.44 bits per heavy atom. The molecule has 71 heavy (non-hydrogen) atoms. The van der Waals surface area contributed by atoms with Crippen molar-refractivity contribution in [1.29, 1.82) is 0 Å². The minimum absolute atomic E-state index is 0.122. The molecule has 12 heteroatoms. The Hall–Kier alpha value is -4.88. The molecule has 0 aromatic rings. The molecule has 0 aromatic carbocycles. The van der Waals surface area contributed by atoms with Crippen molar-refractivity contribution in [3.05, 3.63) is 122 Å². The maximum absolute atomic E-state index is 13.1. The summed E-state index contributed by atoms with van der Waals surface area (Å²) in [5.41, 5.74) is 0. The maximum Gasteiger partial charge on any atom is 0.335 e. The summed E-state index contributed by atoms with van der Waals surface area (Å²) in [6.07, 6.45) is 50.7. The normalized spacial score (nSPS) is 19.5. The molecule has 0 spiro atoms. The summed E-state index contributed by atoms with van der Waals surface area (Å²) in [5.74, 6) is -3.37. The van der Waals surface area contributed by atoms with Gasteiger partial charge < -0.3 is 39.0 Å². The number of rotatable bonds is 42. The van der Waals surface area contributed by atoms with Gasteiger partial charge in [0.25, 0.3) is 0 Å². The second kappa shape index (κ2) is 46.2. The first-order valence-electron chi connectivity index (χ1n) is 26.5. The minimum Gasteiger partial charge on any atom is -0.479 e. The Bertz CT molecular complexity index is 1700. The van der Waals surface area contributed by atoms with E-state index < -0.39 is 67.3 Å². The van der Waals surface area contributed by atoms with Crippen LogP contribution in [0.1, 0.15) is 175 Å². The number of aliphatic hydroxyl groups excluding tert-OH is 2. The molecular formula is C59H90O12. The van der Waals surface area contributed by atoms with Gasteiger partial charge in [0.15, 0.2) is 24.6 Å². The fourth-order valence-electron chi connectivity index (χ4n) is 7.02. The van der Waals surface area contributed by atoms with E-state index in [2.05, 4.69) is 118 Å². The molecule has 1 aliphatic rings. The number of carboxylic acid groups (broad SMARTS) is 1. The van der Waals surface area contributed by atoms with Gasteiger partial charge in [-0.1, -0.05) is 174 Å². The van der Waals surface area contributed by atoms with Crippen LogP contribution in [0.25, 0.3) is 0 Å². The Labute approximate surface area is 427 Å². The van der Waals surface area contributed by atoms with E-state index >= 15 is 0 Å². The third kappa shape index (κ3) is 36.7. The van der Waals surface area contributed by atoms with E-state index in [0.717, 1.165) is 116 Å². The monoisotopic (exact) mass is 991 g/mol. The molecule has 0 saturated carbocycles. The highest BCUT2D eigenvalue weighted by atomic mass is 16.7. The molecule has 0 aliphatic carbocycles. The number of esters is 3. The molecule has 6 atom stereocenters. The first-order chi connectivity index (χ1) is 34.6. The number of hydrogen-bond donors (Lipinski definition) is 3. The molecule has 1 saturated heterocycles. The number of carbonyl (C=O) groups excluding carboxylic acids is 3. The van der Waals surface area contributed by atoms with Crippen LogP contribution in [0, 0.1) is 0 Å². The lowest BCUT2D eigenvalue weighted by atomic mass is 9.98. The van der Waals surface area contributed by atoms with Crippen molar-refractivity contribution in [2.45, 2.75) is 212 Å². The number of aliphatic hydroxyl groups is 2. The lowest BCUT2D eigenvalue weighted by Crippen LogP contribution is -2.61. The van der Waals surface area contributed by atoms with Crippen molar-refractivity contribution in [2.75, 3.05) is 13.2 Å². The van der Waals surface area contributed by atoms with Crippen LogP contribution in [0.5, 0.6) is 0 Å². The highest BCUT2D eigenvalue weighted by Gasteiger charge is 2.50. The van der Waals surface area contributed by atoms with Crippen molar-refractivity contribution < 1.29 is 58.2 Å². The summed E-state index contributed by atoms with van der Waals surface area (Å²) in [6.45, 7) is 5.57. The summed E-state index contributed by atoms with van der Waals surface area (Å²) in [6, 6.07) is 0. The Morgan fingerprint density at radius 2 is 0.930 bits per heavy atom. The maximum atomic E-state index is 13.1. The van der Waals surface area contributed by atoms with Crippen molar-refractivity contribution in [2.24, 2.45) is 0 Å². The van der Waals surface area contributed by atoms with E-state index in [1.165, 1.54) is 0 Å². The van der Waals surface area contributed by atoms with E-state index in [1.54, 1.807) is 12.2 Å². The Kier molecular flexibility index (Phi) is 41.7. The summed E-state index contributed by atoms with van der Waals surface area (Å²) in [4.78, 5) is 50.8. The van der Waals surface area contributed by atoms with Gasteiger partial charge in [-0.2, -0.15) is 0 Å². The second-order valence-electron chi connectivity index (χ2n) is 17.4. The van der Waals surface area contributed by atoms with Gasteiger partial charge in [-0.05, 0) is 103 Å². The minimum atomic E-state index is -1.95. The number of ether oxygens (including phenoxy) is 5. The van der Waals surface area contributed by atoms with Crippen molar-refractivity contribution >= 4 is 23.9 Å². The summed E-state index contributed by atoms with van der Waals surface area (Å²) < 4.78 is 28.1. The molecule has 1 aliphatic heterocycles. The molecule has 0 radical (unpaired) electrons. The molecule has 0 bridgehead atoms. The van der Waals surface area contributed by atoms with Crippen LogP contribution in [0.4, 0.5) is 0 Å². The molecular weight excluding hydrogens is 901 g/mol. The van der Waals surface area contributed by atoms with E-state index in [-0.39, 0.29) is 25.9 Å². The van der Waals surface area contributed by atoms with Crippen molar-refractivity contribution in [1.82, 2.24) is 0 Å². The van der Waals surface area contributed by atoms with Crippen LogP contribution >= 0.6 is 0 Å². The van der Waals surface area contributed by atoms with Gasteiger partial charge in [0.05, 0.1) is 13.0 Å². The largest absolute Gasteiger partial charge is 0.479 e. The third-order valence-corrected chi connectivity index (χ3v) is 11.0. The summed E-state index contributed by atoms with van der Waals surface area (Å²) in [7, 11) is 0. The lowest BCUT2D eigenvalue weighted by Gasteiger charge is -2.40. The molecule has 1 heterocycles. The number of unbranched alkanes of at least 4 members (excludes halogenated alkanes) is 9. The van der Waals surface area contributed by atoms with E-state index in [9.17, 15) is 34.5 Å². The van der Waals surface area contributed by atoms with Gasteiger partial charge in [0.1, 0.15) is 18.8 Å². The zero-order chi connectivity index (χ0) is 51.8.